The van der Waals surface area contributed by atoms with Crippen LogP contribution in [0.5, 0.6) is 0 Å². The van der Waals surface area contributed by atoms with Gasteiger partial charge < -0.3 is 10.6 Å². The Balaban J connectivity index is 1.63. The summed E-state index contributed by atoms with van der Waals surface area (Å²) in [5, 5.41) is 6.56. The number of benzene rings is 1. The highest BCUT2D eigenvalue weighted by molar-refractivity contribution is 5.77. The Bertz CT molecular complexity index is 1580. The summed E-state index contributed by atoms with van der Waals surface area (Å²) >= 11 is 0. The molecule has 0 aliphatic carbocycles. The zero-order valence-corrected chi connectivity index (χ0v) is 21.9. The lowest BCUT2D eigenvalue weighted by Crippen LogP contribution is -2.38. The fourth-order valence-corrected chi connectivity index (χ4v) is 4.84. The maximum absolute atomic E-state index is 13.5. The number of pyridine rings is 1. The molecule has 0 atom stereocenters. The monoisotopic (exact) mass is 525 g/mol. The van der Waals surface area contributed by atoms with Crippen LogP contribution in [0.4, 0.5) is 24.8 Å². The van der Waals surface area contributed by atoms with E-state index in [9.17, 15) is 18.0 Å². The quantitative estimate of drug-likeness (QED) is 0.392. The normalized spacial score (nSPS) is 15.5. The Morgan fingerprint density at radius 1 is 1.11 bits per heavy atom. The van der Waals surface area contributed by atoms with Gasteiger partial charge in [0.05, 0.1) is 5.69 Å². The van der Waals surface area contributed by atoms with Crippen LogP contribution < -0.4 is 16.2 Å². The molecule has 4 heterocycles. The van der Waals surface area contributed by atoms with Gasteiger partial charge in [-0.1, -0.05) is 40.7 Å². The first kappa shape index (κ1) is 25.9. The molecule has 0 saturated heterocycles. The number of hydrogen-bond donors (Lipinski definition) is 2. The first-order valence-corrected chi connectivity index (χ1v) is 12.4. The van der Waals surface area contributed by atoms with Gasteiger partial charge in [0.1, 0.15) is 11.9 Å². The molecule has 1 aromatic carbocycles. The summed E-state index contributed by atoms with van der Waals surface area (Å²) in [6.45, 7) is 10.4. The van der Waals surface area contributed by atoms with E-state index in [0.29, 0.717) is 16.1 Å². The number of alkyl halides is 3. The van der Waals surface area contributed by atoms with Gasteiger partial charge in [0.15, 0.2) is 5.65 Å². The van der Waals surface area contributed by atoms with Crippen molar-refractivity contribution in [1.29, 1.82) is 0 Å². The summed E-state index contributed by atoms with van der Waals surface area (Å²) in [6, 6.07) is 9.25. The largest absolute Gasteiger partial charge is 0.408 e. The first-order valence-electron chi connectivity index (χ1n) is 12.4. The van der Waals surface area contributed by atoms with E-state index in [0.717, 1.165) is 24.3 Å². The molecule has 200 valence electrons. The number of nitrogens with one attached hydrogen (secondary N) is 2. The van der Waals surface area contributed by atoms with Crippen LogP contribution in [-0.2, 0) is 23.9 Å². The Labute approximate surface area is 217 Å². The number of aromatic nitrogens is 5. The van der Waals surface area contributed by atoms with Gasteiger partial charge in [0.2, 0.25) is 5.95 Å². The van der Waals surface area contributed by atoms with Gasteiger partial charge in [-0.3, -0.25) is 9.78 Å². The molecule has 0 bridgehead atoms. The summed E-state index contributed by atoms with van der Waals surface area (Å²) in [6.07, 6.45) is -1.83. The SMILES string of the molecule is CC(C)(C)c1cc(-n2c3nc(Nc4ccc5c(c4)CNCC5(C)C)ncc3c(=O)n2CC(F)(F)F)ccn1. The van der Waals surface area contributed by atoms with E-state index in [1.807, 2.05) is 32.9 Å². The van der Waals surface area contributed by atoms with Crippen LogP contribution in [-0.4, -0.2) is 37.0 Å². The van der Waals surface area contributed by atoms with Gasteiger partial charge >= 0.3 is 6.18 Å². The van der Waals surface area contributed by atoms with Gasteiger partial charge in [0.25, 0.3) is 5.56 Å². The van der Waals surface area contributed by atoms with Crippen molar-refractivity contribution in [3.8, 4) is 5.69 Å². The second-order valence-electron chi connectivity index (χ2n) is 11.4. The van der Waals surface area contributed by atoms with E-state index >= 15 is 0 Å². The molecule has 0 unspecified atom stereocenters. The molecule has 1 aliphatic heterocycles. The number of anilines is 2. The topological polar surface area (TPSA) is 89.7 Å². The number of halogens is 3. The smallest absolute Gasteiger partial charge is 0.324 e. The molecule has 0 fully saturated rings. The van der Waals surface area contributed by atoms with Crippen LogP contribution in [0.25, 0.3) is 16.7 Å². The van der Waals surface area contributed by atoms with Crippen LogP contribution >= 0.6 is 0 Å². The minimum absolute atomic E-state index is 0.00453. The zero-order valence-electron chi connectivity index (χ0n) is 21.9. The molecule has 4 aromatic rings. The third kappa shape index (κ3) is 4.90. The lowest BCUT2D eigenvalue weighted by molar-refractivity contribution is -0.144. The molecule has 38 heavy (non-hydrogen) atoms. The molecular weight excluding hydrogens is 495 g/mol. The average molecular weight is 526 g/mol. The Kier molecular flexibility index (Phi) is 6.09. The van der Waals surface area contributed by atoms with E-state index in [4.69, 9.17) is 0 Å². The van der Waals surface area contributed by atoms with E-state index in [2.05, 4.69) is 45.5 Å². The van der Waals surface area contributed by atoms with Crippen molar-refractivity contribution in [1.82, 2.24) is 29.6 Å². The Morgan fingerprint density at radius 2 is 1.87 bits per heavy atom. The minimum Gasteiger partial charge on any atom is -0.324 e. The van der Waals surface area contributed by atoms with Crippen molar-refractivity contribution in [3.05, 3.63) is 69.9 Å². The van der Waals surface area contributed by atoms with Crippen LogP contribution in [0.1, 0.15) is 51.4 Å². The second kappa shape index (κ2) is 8.93. The zero-order chi connectivity index (χ0) is 27.5. The molecule has 0 radical (unpaired) electrons. The number of hydrogen-bond acceptors (Lipinski definition) is 6. The van der Waals surface area contributed by atoms with E-state index in [-0.39, 0.29) is 27.8 Å². The number of fused-ring (bicyclic) bond motifs is 2. The summed E-state index contributed by atoms with van der Waals surface area (Å²) in [7, 11) is 0. The van der Waals surface area contributed by atoms with Crippen molar-refractivity contribution < 1.29 is 13.2 Å². The van der Waals surface area contributed by atoms with Crippen LogP contribution in [0, 0.1) is 0 Å². The fraction of sp³-hybridized carbons (Fsp3) is 0.407. The third-order valence-electron chi connectivity index (χ3n) is 6.73. The lowest BCUT2D eigenvalue weighted by Gasteiger charge is -2.33. The summed E-state index contributed by atoms with van der Waals surface area (Å²) in [5.74, 6) is 0.170. The summed E-state index contributed by atoms with van der Waals surface area (Å²) < 4.78 is 42.5. The molecule has 5 rings (SSSR count). The lowest BCUT2D eigenvalue weighted by atomic mass is 9.79. The number of rotatable bonds is 4. The standard InChI is InChI=1S/C27H30F3N7O/c1-25(2,3)21-11-18(8-9-32-21)37-22-19(23(38)36(37)15-27(28,29)30)13-33-24(35-22)34-17-6-7-20-16(10-17)12-31-14-26(20,4)5/h6-11,13,31H,12,14-15H2,1-5H3,(H,33,34,35). The van der Waals surface area contributed by atoms with Crippen molar-refractivity contribution in [2.45, 2.75) is 64.7 Å². The van der Waals surface area contributed by atoms with Gasteiger partial charge in [-0.2, -0.15) is 18.2 Å². The van der Waals surface area contributed by atoms with Crippen LogP contribution in [0.3, 0.4) is 0 Å². The van der Waals surface area contributed by atoms with Gasteiger partial charge in [-0.05, 0) is 35.4 Å². The predicted octanol–water partition coefficient (Wildman–Crippen LogP) is 4.96. The molecule has 1 aliphatic rings. The number of nitrogens with zero attached hydrogens (tertiary/aromatic N) is 5. The Morgan fingerprint density at radius 3 is 2.58 bits per heavy atom. The molecule has 11 heteroatoms. The van der Waals surface area contributed by atoms with Crippen molar-refractivity contribution >= 4 is 22.7 Å². The highest BCUT2D eigenvalue weighted by Crippen LogP contribution is 2.32. The molecular formula is C27H30F3N7O. The average Bonchev–Trinajstić information content (AvgIpc) is 3.07. The van der Waals surface area contributed by atoms with Crippen molar-refractivity contribution in [2.24, 2.45) is 0 Å². The van der Waals surface area contributed by atoms with Gasteiger partial charge in [0, 0.05) is 47.7 Å². The van der Waals surface area contributed by atoms with Crippen LogP contribution in [0.15, 0.2) is 47.5 Å². The molecule has 3 aromatic heterocycles. The third-order valence-corrected chi connectivity index (χ3v) is 6.73. The predicted molar refractivity (Wildman–Crippen MR) is 140 cm³/mol. The fourth-order valence-electron chi connectivity index (χ4n) is 4.84. The maximum atomic E-state index is 13.5. The summed E-state index contributed by atoms with van der Waals surface area (Å²) in [4.78, 5) is 26.2. The van der Waals surface area contributed by atoms with E-state index in [1.165, 1.54) is 22.6 Å². The first-order chi connectivity index (χ1) is 17.7. The minimum atomic E-state index is -4.62. The molecule has 8 nitrogen and oxygen atoms in total. The second-order valence-corrected chi connectivity index (χ2v) is 11.4. The van der Waals surface area contributed by atoms with Gasteiger partial charge in [-0.25, -0.2) is 14.3 Å². The van der Waals surface area contributed by atoms with Crippen molar-refractivity contribution in [2.75, 3.05) is 11.9 Å². The van der Waals surface area contributed by atoms with E-state index < -0.39 is 18.3 Å². The molecule has 2 N–H and O–H groups in total. The summed E-state index contributed by atoms with van der Waals surface area (Å²) in [5.41, 5.74) is 3.06. The molecule has 0 saturated carbocycles. The Hall–Kier alpha value is -3.73. The highest BCUT2D eigenvalue weighted by atomic mass is 19.4. The maximum Gasteiger partial charge on any atom is 0.408 e. The van der Waals surface area contributed by atoms with Gasteiger partial charge in [-0.15, -0.1) is 0 Å². The van der Waals surface area contributed by atoms with Crippen LogP contribution in [0.2, 0.25) is 0 Å². The van der Waals surface area contributed by atoms with Crippen molar-refractivity contribution in [3.63, 3.8) is 0 Å². The molecule has 0 amide bonds. The molecule has 0 spiro atoms. The van der Waals surface area contributed by atoms with E-state index in [1.54, 1.807) is 12.1 Å². The highest BCUT2D eigenvalue weighted by Gasteiger charge is 2.32.